The normalized spacial score (nSPS) is 12.4. The second-order valence-corrected chi connectivity index (χ2v) is 3.53. The predicted molar refractivity (Wildman–Crippen MR) is 62.0 cm³/mol. The van der Waals surface area contributed by atoms with Crippen LogP contribution in [0.2, 0.25) is 0 Å². The minimum atomic E-state index is -0.317. The summed E-state index contributed by atoms with van der Waals surface area (Å²) >= 11 is 0. The Bertz CT molecular complexity index is 456. The molecule has 0 spiro atoms. The number of rotatable bonds is 3. The van der Waals surface area contributed by atoms with Crippen LogP contribution in [0.5, 0.6) is 0 Å². The molecule has 2 nitrogen and oxygen atoms in total. The highest BCUT2D eigenvalue weighted by Gasteiger charge is 2.15. The third kappa shape index (κ3) is 2.10. The highest BCUT2D eigenvalue weighted by molar-refractivity contribution is 5.32. The minimum absolute atomic E-state index is 0.255. The lowest BCUT2D eigenvalue weighted by Crippen LogP contribution is -2.29. The summed E-state index contributed by atoms with van der Waals surface area (Å²) < 4.78 is 13.6. The summed E-state index contributed by atoms with van der Waals surface area (Å²) in [7, 11) is 0. The zero-order chi connectivity index (χ0) is 11.4. The van der Waals surface area contributed by atoms with Crippen LogP contribution in [0.4, 0.5) is 4.39 Å². The Labute approximate surface area is 93.9 Å². The molecule has 0 fully saturated rings. The standard InChI is InChI=1S/C13H13FN2/c14-12-9-5-4-8-11(12)13(16-15)10-6-2-1-3-7-10/h1-9,13,16H,15H2/t13-/m1/s1. The molecule has 0 unspecified atom stereocenters. The fourth-order valence-electron chi connectivity index (χ4n) is 1.72. The van der Waals surface area contributed by atoms with Crippen LogP contribution in [0.25, 0.3) is 0 Å². The first kappa shape index (κ1) is 10.8. The predicted octanol–water partition coefficient (Wildman–Crippen LogP) is 2.38. The molecule has 0 amide bonds. The molecular formula is C13H13FN2. The van der Waals surface area contributed by atoms with Crippen LogP contribution in [-0.2, 0) is 0 Å². The fraction of sp³-hybridized carbons (Fsp3) is 0.0769. The van der Waals surface area contributed by atoms with E-state index in [2.05, 4.69) is 5.43 Å². The summed E-state index contributed by atoms with van der Waals surface area (Å²) in [5, 5.41) is 0. The lowest BCUT2D eigenvalue weighted by molar-refractivity contribution is 0.560. The van der Waals surface area contributed by atoms with Crippen molar-refractivity contribution in [3.8, 4) is 0 Å². The third-order valence-electron chi connectivity index (χ3n) is 2.52. The van der Waals surface area contributed by atoms with Gasteiger partial charge in [-0.1, -0.05) is 48.5 Å². The first-order valence-corrected chi connectivity index (χ1v) is 5.08. The van der Waals surface area contributed by atoms with E-state index in [-0.39, 0.29) is 11.9 Å². The summed E-state index contributed by atoms with van der Waals surface area (Å²) in [5.74, 6) is 5.23. The maximum absolute atomic E-state index is 13.6. The number of benzene rings is 2. The summed E-state index contributed by atoms with van der Waals surface area (Å²) in [6.07, 6.45) is 0. The molecule has 2 aromatic carbocycles. The van der Waals surface area contributed by atoms with E-state index in [1.165, 1.54) is 6.07 Å². The Morgan fingerprint density at radius 3 is 2.19 bits per heavy atom. The van der Waals surface area contributed by atoms with E-state index in [0.717, 1.165) is 5.56 Å². The Balaban J connectivity index is 2.41. The first-order chi connectivity index (χ1) is 7.83. The molecule has 1 atom stereocenters. The fourth-order valence-corrected chi connectivity index (χ4v) is 1.72. The number of nitrogens with two attached hydrogens (primary N) is 1. The zero-order valence-corrected chi connectivity index (χ0v) is 8.73. The molecule has 2 rings (SSSR count). The van der Waals surface area contributed by atoms with Crippen LogP contribution in [0.15, 0.2) is 54.6 Å². The van der Waals surface area contributed by atoms with E-state index < -0.39 is 0 Å². The van der Waals surface area contributed by atoms with Gasteiger partial charge in [-0.15, -0.1) is 0 Å². The largest absolute Gasteiger partial charge is 0.271 e. The van der Waals surface area contributed by atoms with Crippen molar-refractivity contribution < 1.29 is 4.39 Å². The van der Waals surface area contributed by atoms with Crippen molar-refractivity contribution in [3.05, 3.63) is 71.5 Å². The van der Waals surface area contributed by atoms with Crippen molar-refractivity contribution in [1.82, 2.24) is 5.43 Å². The average Bonchev–Trinajstić information content (AvgIpc) is 2.34. The second-order valence-electron chi connectivity index (χ2n) is 3.53. The van der Waals surface area contributed by atoms with Gasteiger partial charge in [0.15, 0.2) is 0 Å². The van der Waals surface area contributed by atoms with E-state index in [0.29, 0.717) is 5.56 Å². The molecule has 0 saturated heterocycles. The molecule has 0 bridgehead atoms. The van der Waals surface area contributed by atoms with Gasteiger partial charge in [-0.2, -0.15) is 0 Å². The van der Waals surface area contributed by atoms with Gasteiger partial charge in [-0.25, -0.2) is 9.82 Å². The van der Waals surface area contributed by atoms with Gasteiger partial charge < -0.3 is 0 Å². The Morgan fingerprint density at radius 1 is 0.938 bits per heavy atom. The van der Waals surface area contributed by atoms with Crippen LogP contribution >= 0.6 is 0 Å². The quantitative estimate of drug-likeness (QED) is 0.610. The van der Waals surface area contributed by atoms with Crippen molar-refractivity contribution in [3.63, 3.8) is 0 Å². The van der Waals surface area contributed by atoms with Crippen molar-refractivity contribution in [2.45, 2.75) is 6.04 Å². The Kier molecular flexibility index (Phi) is 3.29. The lowest BCUT2D eigenvalue weighted by Gasteiger charge is -2.17. The summed E-state index contributed by atoms with van der Waals surface area (Å²) in [4.78, 5) is 0. The maximum atomic E-state index is 13.6. The number of halogens is 1. The van der Waals surface area contributed by atoms with Crippen molar-refractivity contribution in [2.75, 3.05) is 0 Å². The van der Waals surface area contributed by atoms with E-state index in [1.54, 1.807) is 18.2 Å². The maximum Gasteiger partial charge on any atom is 0.128 e. The highest BCUT2D eigenvalue weighted by atomic mass is 19.1. The molecule has 16 heavy (non-hydrogen) atoms. The molecule has 0 aliphatic rings. The first-order valence-electron chi connectivity index (χ1n) is 5.08. The van der Waals surface area contributed by atoms with Crippen LogP contribution in [-0.4, -0.2) is 0 Å². The van der Waals surface area contributed by atoms with Crippen LogP contribution in [0.1, 0.15) is 17.2 Å². The van der Waals surface area contributed by atoms with Gasteiger partial charge in [0, 0.05) is 5.56 Å². The second kappa shape index (κ2) is 4.88. The Morgan fingerprint density at radius 2 is 1.56 bits per heavy atom. The van der Waals surface area contributed by atoms with Crippen molar-refractivity contribution in [1.29, 1.82) is 0 Å². The molecule has 0 aromatic heterocycles. The minimum Gasteiger partial charge on any atom is -0.271 e. The molecule has 0 heterocycles. The smallest absolute Gasteiger partial charge is 0.128 e. The molecule has 3 heteroatoms. The molecular weight excluding hydrogens is 203 g/mol. The van der Waals surface area contributed by atoms with Gasteiger partial charge >= 0.3 is 0 Å². The van der Waals surface area contributed by atoms with E-state index in [4.69, 9.17) is 5.84 Å². The van der Waals surface area contributed by atoms with Gasteiger partial charge in [0.25, 0.3) is 0 Å². The lowest BCUT2D eigenvalue weighted by atomic mass is 9.99. The summed E-state index contributed by atoms with van der Waals surface area (Å²) in [6.45, 7) is 0. The summed E-state index contributed by atoms with van der Waals surface area (Å²) in [6, 6.07) is 15.9. The molecule has 0 aliphatic heterocycles. The molecule has 0 aliphatic carbocycles. The zero-order valence-electron chi connectivity index (χ0n) is 8.73. The average molecular weight is 216 g/mol. The topological polar surface area (TPSA) is 38.0 Å². The highest BCUT2D eigenvalue weighted by Crippen LogP contribution is 2.23. The van der Waals surface area contributed by atoms with Crippen LogP contribution in [0.3, 0.4) is 0 Å². The van der Waals surface area contributed by atoms with Crippen LogP contribution in [0, 0.1) is 5.82 Å². The van der Waals surface area contributed by atoms with Gasteiger partial charge in [-0.3, -0.25) is 5.84 Å². The molecule has 3 N–H and O–H groups in total. The third-order valence-corrected chi connectivity index (χ3v) is 2.52. The number of hydrogen-bond acceptors (Lipinski definition) is 2. The Hall–Kier alpha value is -1.71. The van der Waals surface area contributed by atoms with Crippen molar-refractivity contribution >= 4 is 0 Å². The van der Waals surface area contributed by atoms with Gasteiger partial charge in [0.1, 0.15) is 5.82 Å². The van der Waals surface area contributed by atoms with Crippen molar-refractivity contribution in [2.24, 2.45) is 5.84 Å². The van der Waals surface area contributed by atoms with Gasteiger partial charge in [0.05, 0.1) is 6.04 Å². The van der Waals surface area contributed by atoms with Crippen LogP contribution < -0.4 is 11.3 Å². The van der Waals surface area contributed by atoms with E-state index in [9.17, 15) is 4.39 Å². The van der Waals surface area contributed by atoms with Gasteiger partial charge in [0.2, 0.25) is 0 Å². The van der Waals surface area contributed by atoms with E-state index >= 15 is 0 Å². The SMILES string of the molecule is NN[C@H](c1ccccc1)c1ccccc1F. The summed E-state index contributed by atoms with van der Waals surface area (Å²) in [5.41, 5.74) is 4.13. The number of hydrogen-bond donors (Lipinski definition) is 2. The van der Waals surface area contributed by atoms with E-state index in [1.807, 2.05) is 30.3 Å². The monoisotopic (exact) mass is 216 g/mol. The molecule has 0 saturated carbocycles. The molecule has 2 aromatic rings. The molecule has 0 radical (unpaired) electrons. The number of nitrogens with one attached hydrogen (secondary N) is 1. The van der Waals surface area contributed by atoms with Gasteiger partial charge in [-0.05, 0) is 11.6 Å². The number of hydrazine groups is 1. The molecule has 82 valence electrons.